The molecule has 2 saturated heterocycles. The molecule has 2 fully saturated rings. The van der Waals surface area contributed by atoms with Crippen molar-refractivity contribution in [2.24, 2.45) is 0 Å². The van der Waals surface area contributed by atoms with Crippen molar-refractivity contribution in [1.82, 2.24) is 14.7 Å². The van der Waals surface area contributed by atoms with Crippen LogP contribution in [0.3, 0.4) is 0 Å². The standard InChI is InChI=1S/C21H24F3N5O5S/c1-35(32,33)26-18-8-12-29(25-18)20(31)27-10-6-15(7-11-27)34-17-5-4-14(21(22,23)24)13-16(17)28-9-2-3-19(28)30/h4-5,8,12-13,15H,2-3,6-7,9-11H2,1H3,(H,25,26). The van der Waals surface area contributed by atoms with E-state index in [0.29, 0.717) is 38.9 Å². The number of halogens is 3. The Bertz CT molecular complexity index is 1220. The van der Waals surface area contributed by atoms with Crippen LogP contribution in [-0.4, -0.2) is 67.0 Å². The molecule has 0 spiro atoms. The number of rotatable bonds is 5. The lowest BCUT2D eigenvalue weighted by Crippen LogP contribution is -2.43. The van der Waals surface area contributed by atoms with Gasteiger partial charge in [-0.05, 0) is 24.6 Å². The highest BCUT2D eigenvalue weighted by Gasteiger charge is 2.34. The number of anilines is 2. The van der Waals surface area contributed by atoms with E-state index in [9.17, 15) is 31.2 Å². The number of likely N-dealkylation sites (tertiary alicyclic amines) is 1. The van der Waals surface area contributed by atoms with Gasteiger partial charge in [0.2, 0.25) is 15.9 Å². The van der Waals surface area contributed by atoms with Gasteiger partial charge in [0.25, 0.3) is 0 Å². The molecule has 4 rings (SSSR count). The van der Waals surface area contributed by atoms with Crippen LogP contribution < -0.4 is 14.4 Å². The third kappa shape index (κ3) is 5.86. The van der Waals surface area contributed by atoms with E-state index >= 15 is 0 Å². The molecule has 1 aromatic heterocycles. The van der Waals surface area contributed by atoms with Crippen molar-refractivity contribution in [2.75, 3.05) is 35.5 Å². The minimum atomic E-state index is -4.55. The predicted molar refractivity (Wildman–Crippen MR) is 120 cm³/mol. The second-order valence-electron chi connectivity index (χ2n) is 8.44. The fraction of sp³-hybridized carbons (Fsp3) is 0.476. The van der Waals surface area contributed by atoms with Gasteiger partial charge in [-0.2, -0.15) is 17.9 Å². The molecule has 14 heteroatoms. The first-order valence-corrected chi connectivity index (χ1v) is 12.8. The Hall–Kier alpha value is -3.29. The topological polar surface area (TPSA) is 114 Å². The third-order valence-corrected chi connectivity index (χ3v) is 6.31. The molecule has 1 N–H and O–H groups in total. The van der Waals surface area contributed by atoms with Crippen molar-refractivity contribution in [2.45, 2.75) is 38.0 Å². The van der Waals surface area contributed by atoms with Crippen molar-refractivity contribution >= 4 is 33.5 Å². The number of alkyl halides is 3. The van der Waals surface area contributed by atoms with Gasteiger partial charge in [-0.15, -0.1) is 5.10 Å². The van der Waals surface area contributed by atoms with Crippen LogP contribution in [0.1, 0.15) is 31.2 Å². The van der Waals surface area contributed by atoms with Crippen LogP contribution in [0, 0.1) is 0 Å². The predicted octanol–water partition coefficient (Wildman–Crippen LogP) is 2.91. The summed E-state index contributed by atoms with van der Waals surface area (Å²) in [4.78, 5) is 27.8. The van der Waals surface area contributed by atoms with Gasteiger partial charge in [0.1, 0.15) is 11.9 Å². The van der Waals surface area contributed by atoms with Crippen molar-refractivity contribution in [3.8, 4) is 5.75 Å². The molecule has 0 bridgehead atoms. The summed E-state index contributed by atoms with van der Waals surface area (Å²) in [5, 5.41) is 3.92. The Balaban J connectivity index is 1.42. The van der Waals surface area contributed by atoms with E-state index in [1.807, 2.05) is 0 Å². The number of benzene rings is 1. The number of sulfonamides is 1. The van der Waals surface area contributed by atoms with Gasteiger partial charge >= 0.3 is 12.2 Å². The average Bonchev–Trinajstić information content (AvgIpc) is 3.41. The number of ether oxygens (including phenoxy) is 1. The number of nitrogens with one attached hydrogen (secondary N) is 1. The maximum atomic E-state index is 13.3. The number of aromatic nitrogens is 2. The van der Waals surface area contributed by atoms with Gasteiger partial charge in [-0.3, -0.25) is 9.52 Å². The van der Waals surface area contributed by atoms with E-state index in [1.165, 1.54) is 28.1 Å². The van der Waals surface area contributed by atoms with Crippen LogP contribution >= 0.6 is 0 Å². The lowest BCUT2D eigenvalue weighted by molar-refractivity contribution is -0.137. The Morgan fingerprint density at radius 3 is 2.49 bits per heavy atom. The Morgan fingerprint density at radius 1 is 1.17 bits per heavy atom. The van der Waals surface area contributed by atoms with Crippen molar-refractivity contribution in [3.05, 3.63) is 36.0 Å². The highest BCUT2D eigenvalue weighted by molar-refractivity contribution is 7.92. The Kier molecular flexibility index (Phi) is 6.66. The Morgan fingerprint density at radius 2 is 1.89 bits per heavy atom. The zero-order chi connectivity index (χ0) is 25.4. The van der Waals surface area contributed by atoms with Gasteiger partial charge in [-0.1, -0.05) is 0 Å². The zero-order valence-electron chi connectivity index (χ0n) is 18.8. The number of piperidine rings is 1. The first-order chi connectivity index (χ1) is 16.4. The van der Waals surface area contributed by atoms with Gasteiger partial charge in [-0.25, -0.2) is 13.2 Å². The summed E-state index contributed by atoms with van der Waals surface area (Å²) in [5.74, 6) is -0.0366. The molecule has 2 aliphatic heterocycles. The SMILES string of the molecule is CS(=O)(=O)Nc1ccn(C(=O)N2CCC(Oc3ccc(C(F)(F)F)cc3N3CCCC3=O)CC2)n1. The van der Waals surface area contributed by atoms with E-state index in [-0.39, 0.29) is 35.7 Å². The quantitative estimate of drug-likeness (QED) is 0.655. The van der Waals surface area contributed by atoms with Crippen LogP contribution in [-0.2, 0) is 21.0 Å². The summed E-state index contributed by atoms with van der Waals surface area (Å²) in [6.07, 6.45) is -0.946. The number of hydrogen-bond donors (Lipinski definition) is 1. The fourth-order valence-corrected chi connectivity index (χ4v) is 4.56. The lowest BCUT2D eigenvalue weighted by Gasteiger charge is -2.32. The monoisotopic (exact) mass is 515 g/mol. The van der Waals surface area contributed by atoms with Crippen molar-refractivity contribution in [3.63, 3.8) is 0 Å². The minimum absolute atomic E-state index is 0.0189. The normalized spacial score (nSPS) is 17.7. The molecular formula is C21H24F3N5O5S. The largest absolute Gasteiger partial charge is 0.488 e. The highest BCUT2D eigenvalue weighted by Crippen LogP contribution is 2.39. The molecule has 3 heterocycles. The van der Waals surface area contributed by atoms with Crippen LogP contribution in [0.25, 0.3) is 0 Å². The van der Waals surface area contributed by atoms with Crippen LogP contribution in [0.5, 0.6) is 5.75 Å². The number of carbonyl (C=O) groups excluding carboxylic acids is 2. The maximum Gasteiger partial charge on any atom is 0.416 e. The molecule has 10 nitrogen and oxygen atoms in total. The first-order valence-electron chi connectivity index (χ1n) is 10.9. The molecule has 0 atom stereocenters. The second-order valence-corrected chi connectivity index (χ2v) is 10.2. The molecule has 1 aromatic carbocycles. The summed E-state index contributed by atoms with van der Waals surface area (Å²) in [5.41, 5.74) is -0.757. The molecule has 0 saturated carbocycles. The van der Waals surface area contributed by atoms with Gasteiger partial charge < -0.3 is 14.5 Å². The summed E-state index contributed by atoms with van der Waals surface area (Å²) < 4.78 is 71.6. The fourth-order valence-electron chi connectivity index (χ4n) is 4.07. The molecule has 0 aliphatic carbocycles. The molecule has 0 unspecified atom stereocenters. The zero-order valence-corrected chi connectivity index (χ0v) is 19.6. The van der Waals surface area contributed by atoms with Gasteiger partial charge in [0.15, 0.2) is 5.82 Å². The van der Waals surface area contributed by atoms with E-state index in [0.717, 1.165) is 23.1 Å². The van der Waals surface area contributed by atoms with Crippen LogP contribution in [0.2, 0.25) is 0 Å². The highest BCUT2D eigenvalue weighted by atomic mass is 32.2. The van der Waals surface area contributed by atoms with Crippen molar-refractivity contribution < 1.29 is 35.9 Å². The molecule has 0 radical (unpaired) electrons. The smallest absolute Gasteiger partial charge is 0.416 e. The van der Waals surface area contributed by atoms with Gasteiger partial charge in [0.05, 0.1) is 17.5 Å². The van der Waals surface area contributed by atoms with E-state index in [2.05, 4.69) is 9.82 Å². The molecule has 190 valence electrons. The summed E-state index contributed by atoms with van der Waals surface area (Å²) in [6, 6.07) is 4.03. The Labute approximate surface area is 199 Å². The first kappa shape index (κ1) is 24.8. The molecular weight excluding hydrogens is 491 g/mol. The average molecular weight is 516 g/mol. The number of hydrogen-bond acceptors (Lipinski definition) is 6. The summed E-state index contributed by atoms with van der Waals surface area (Å²) in [6.45, 7) is 0.928. The number of amides is 2. The maximum absolute atomic E-state index is 13.3. The summed E-state index contributed by atoms with van der Waals surface area (Å²) in [7, 11) is -3.53. The molecule has 2 amide bonds. The van der Waals surface area contributed by atoms with Crippen LogP contribution in [0.4, 0.5) is 29.5 Å². The van der Waals surface area contributed by atoms with E-state index in [1.54, 1.807) is 0 Å². The van der Waals surface area contributed by atoms with E-state index in [4.69, 9.17) is 4.74 Å². The summed E-state index contributed by atoms with van der Waals surface area (Å²) >= 11 is 0. The van der Waals surface area contributed by atoms with Crippen LogP contribution in [0.15, 0.2) is 30.5 Å². The third-order valence-electron chi connectivity index (χ3n) is 5.73. The second kappa shape index (κ2) is 9.40. The number of carbonyl (C=O) groups is 2. The molecule has 35 heavy (non-hydrogen) atoms. The van der Waals surface area contributed by atoms with Crippen molar-refractivity contribution in [1.29, 1.82) is 0 Å². The number of nitrogens with zero attached hydrogens (tertiary/aromatic N) is 4. The molecule has 2 aromatic rings. The van der Waals surface area contributed by atoms with Gasteiger partial charge in [0, 0.05) is 51.2 Å². The lowest BCUT2D eigenvalue weighted by atomic mass is 10.1. The minimum Gasteiger partial charge on any atom is -0.488 e. The molecule has 2 aliphatic rings. The van der Waals surface area contributed by atoms with E-state index < -0.39 is 27.8 Å².